The number of guanidine groups is 1. The van der Waals surface area contributed by atoms with Gasteiger partial charge in [-0.3, -0.25) is 4.99 Å². The SMILES string of the molecule is CN=C(NCC(C)c1ccsc1)NCC1(c2ccccc2C)CCOCC1. The van der Waals surface area contributed by atoms with Gasteiger partial charge in [0.2, 0.25) is 0 Å². The number of benzene rings is 1. The maximum absolute atomic E-state index is 5.67. The van der Waals surface area contributed by atoms with Crippen molar-refractivity contribution in [1.29, 1.82) is 0 Å². The van der Waals surface area contributed by atoms with Crippen LogP contribution in [0.4, 0.5) is 0 Å². The third-order valence-electron chi connectivity index (χ3n) is 5.67. The first-order valence-corrected chi connectivity index (χ1v) is 10.7. The van der Waals surface area contributed by atoms with Crippen LogP contribution in [0.15, 0.2) is 46.1 Å². The molecule has 5 heteroatoms. The molecule has 0 bridgehead atoms. The Morgan fingerprint density at radius 3 is 2.67 bits per heavy atom. The Bertz CT molecular complexity index is 736. The van der Waals surface area contributed by atoms with Crippen molar-refractivity contribution in [3.63, 3.8) is 0 Å². The predicted molar refractivity (Wildman–Crippen MR) is 115 cm³/mol. The monoisotopic (exact) mass is 385 g/mol. The number of nitrogens with one attached hydrogen (secondary N) is 2. The molecule has 4 nitrogen and oxygen atoms in total. The quantitative estimate of drug-likeness (QED) is 0.582. The summed E-state index contributed by atoms with van der Waals surface area (Å²) < 4.78 is 5.67. The van der Waals surface area contributed by atoms with E-state index in [0.717, 1.165) is 45.1 Å². The summed E-state index contributed by atoms with van der Waals surface area (Å²) in [6.45, 7) is 7.83. The average molecular weight is 386 g/mol. The second-order valence-electron chi connectivity index (χ2n) is 7.47. The normalized spacial score (nSPS) is 18.1. The van der Waals surface area contributed by atoms with Crippen LogP contribution < -0.4 is 10.6 Å². The molecule has 1 aliphatic rings. The number of hydrogen-bond donors (Lipinski definition) is 2. The largest absolute Gasteiger partial charge is 0.381 e. The Morgan fingerprint density at radius 1 is 1.22 bits per heavy atom. The minimum atomic E-state index is 0.0974. The van der Waals surface area contributed by atoms with Gasteiger partial charge in [0.1, 0.15) is 0 Å². The molecule has 1 atom stereocenters. The first kappa shape index (κ1) is 19.9. The van der Waals surface area contributed by atoms with Gasteiger partial charge in [-0.25, -0.2) is 0 Å². The third kappa shape index (κ3) is 4.90. The number of ether oxygens (including phenoxy) is 1. The molecule has 1 aromatic heterocycles. The van der Waals surface area contributed by atoms with E-state index in [1.165, 1.54) is 16.7 Å². The van der Waals surface area contributed by atoms with Crippen LogP contribution in [0.5, 0.6) is 0 Å². The smallest absolute Gasteiger partial charge is 0.191 e. The third-order valence-corrected chi connectivity index (χ3v) is 6.37. The molecule has 0 radical (unpaired) electrons. The van der Waals surface area contributed by atoms with Crippen molar-refractivity contribution in [2.75, 3.05) is 33.4 Å². The van der Waals surface area contributed by atoms with Crippen LogP contribution in [-0.2, 0) is 10.2 Å². The predicted octanol–water partition coefficient (Wildman–Crippen LogP) is 4.07. The van der Waals surface area contributed by atoms with Gasteiger partial charge in [0.25, 0.3) is 0 Å². The van der Waals surface area contributed by atoms with Crippen LogP contribution in [0.2, 0.25) is 0 Å². The maximum atomic E-state index is 5.67. The van der Waals surface area contributed by atoms with E-state index >= 15 is 0 Å². The van der Waals surface area contributed by atoms with Crippen molar-refractivity contribution in [3.8, 4) is 0 Å². The van der Waals surface area contributed by atoms with Crippen LogP contribution >= 0.6 is 11.3 Å². The van der Waals surface area contributed by atoms with E-state index in [4.69, 9.17) is 4.74 Å². The van der Waals surface area contributed by atoms with Crippen molar-refractivity contribution in [2.45, 2.75) is 38.0 Å². The molecule has 0 aliphatic carbocycles. The van der Waals surface area contributed by atoms with Crippen LogP contribution in [0.1, 0.15) is 42.4 Å². The highest BCUT2D eigenvalue weighted by Gasteiger charge is 2.35. The summed E-state index contributed by atoms with van der Waals surface area (Å²) in [4.78, 5) is 4.44. The van der Waals surface area contributed by atoms with Crippen LogP contribution in [0.3, 0.4) is 0 Å². The first-order chi connectivity index (χ1) is 13.1. The zero-order valence-corrected chi connectivity index (χ0v) is 17.4. The summed E-state index contributed by atoms with van der Waals surface area (Å²) >= 11 is 1.75. The molecule has 1 unspecified atom stereocenters. The molecule has 27 heavy (non-hydrogen) atoms. The fourth-order valence-electron chi connectivity index (χ4n) is 3.87. The van der Waals surface area contributed by atoms with Gasteiger partial charge < -0.3 is 15.4 Å². The Kier molecular flexibility index (Phi) is 6.91. The van der Waals surface area contributed by atoms with Gasteiger partial charge in [-0.15, -0.1) is 0 Å². The summed E-state index contributed by atoms with van der Waals surface area (Å²) in [7, 11) is 1.84. The van der Waals surface area contributed by atoms with Crippen molar-refractivity contribution < 1.29 is 4.74 Å². The fourth-order valence-corrected chi connectivity index (χ4v) is 4.65. The van der Waals surface area contributed by atoms with Crippen molar-refractivity contribution in [3.05, 3.63) is 57.8 Å². The second-order valence-corrected chi connectivity index (χ2v) is 8.25. The Balaban J connectivity index is 1.64. The van der Waals surface area contributed by atoms with Gasteiger partial charge >= 0.3 is 0 Å². The van der Waals surface area contributed by atoms with E-state index in [-0.39, 0.29) is 5.41 Å². The Morgan fingerprint density at radius 2 is 2.00 bits per heavy atom. The number of rotatable bonds is 6. The highest BCUT2D eigenvalue weighted by atomic mass is 32.1. The minimum absolute atomic E-state index is 0.0974. The van der Waals surface area contributed by atoms with E-state index in [1.54, 1.807) is 11.3 Å². The molecule has 146 valence electrons. The fraction of sp³-hybridized carbons (Fsp3) is 0.500. The lowest BCUT2D eigenvalue weighted by atomic mass is 9.72. The molecule has 0 saturated carbocycles. The summed E-state index contributed by atoms with van der Waals surface area (Å²) in [5.74, 6) is 1.33. The van der Waals surface area contributed by atoms with Crippen LogP contribution in [-0.4, -0.2) is 39.3 Å². The molecule has 1 aromatic carbocycles. The zero-order valence-electron chi connectivity index (χ0n) is 16.6. The molecular weight excluding hydrogens is 354 g/mol. The first-order valence-electron chi connectivity index (χ1n) is 9.75. The summed E-state index contributed by atoms with van der Waals surface area (Å²) in [6.07, 6.45) is 2.07. The molecule has 2 heterocycles. The van der Waals surface area contributed by atoms with Gasteiger partial charge in [-0.05, 0) is 59.2 Å². The molecule has 0 spiro atoms. The number of nitrogens with zero attached hydrogens (tertiary/aromatic N) is 1. The number of hydrogen-bond acceptors (Lipinski definition) is 3. The second kappa shape index (κ2) is 9.38. The van der Waals surface area contributed by atoms with E-state index in [9.17, 15) is 0 Å². The maximum Gasteiger partial charge on any atom is 0.191 e. The summed E-state index contributed by atoms with van der Waals surface area (Å²) in [5.41, 5.74) is 4.27. The molecule has 1 aliphatic heterocycles. The number of thiophene rings is 1. The zero-order chi connectivity index (χ0) is 19.1. The number of aliphatic imine (C=N–C) groups is 1. The lowest BCUT2D eigenvalue weighted by Crippen LogP contribution is -2.48. The highest BCUT2D eigenvalue weighted by molar-refractivity contribution is 7.07. The van der Waals surface area contributed by atoms with Gasteiger partial charge in [0.05, 0.1) is 0 Å². The Labute approximate surface area is 167 Å². The van der Waals surface area contributed by atoms with Crippen LogP contribution in [0, 0.1) is 6.92 Å². The van der Waals surface area contributed by atoms with E-state index in [0.29, 0.717) is 5.92 Å². The molecule has 3 rings (SSSR count). The van der Waals surface area contributed by atoms with E-state index < -0.39 is 0 Å². The van der Waals surface area contributed by atoms with Crippen LogP contribution in [0.25, 0.3) is 0 Å². The standard InChI is InChI=1S/C22H31N3OS/c1-17-6-4-5-7-20(17)22(9-11-26-12-10-22)16-25-21(23-3)24-14-18(2)19-8-13-27-15-19/h4-8,13,15,18H,9-12,14,16H2,1-3H3,(H2,23,24,25). The summed E-state index contributed by atoms with van der Waals surface area (Å²) in [5, 5.41) is 11.4. The molecule has 0 amide bonds. The molecule has 1 fully saturated rings. The lowest BCUT2D eigenvalue weighted by Gasteiger charge is -2.39. The van der Waals surface area contributed by atoms with Crippen molar-refractivity contribution >= 4 is 17.3 Å². The molecule has 2 aromatic rings. The highest BCUT2D eigenvalue weighted by Crippen LogP contribution is 2.36. The summed E-state index contributed by atoms with van der Waals surface area (Å²) in [6, 6.07) is 10.9. The number of aryl methyl sites for hydroxylation is 1. The lowest BCUT2D eigenvalue weighted by molar-refractivity contribution is 0.0512. The average Bonchev–Trinajstić information content (AvgIpc) is 3.24. The molecule has 2 N–H and O–H groups in total. The van der Waals surface area contributed by atoms with E-state index in [2.05, 4.69) is 70.6 Å². The molecule has 1 saturated heterocycles. The van der Waals surface area contributed by atoms with Crippen molar-refractivity contribution in [1.82, 2.24) is 10.6 Å². The van der Waals surface area contributed by atoms with E-state index in [1.807, 2.05) is 7.05 Å². The van der Waals surface area contributed by atoms with Gasteiger partial charge in [-0.2, -0.15) is 11.3 Å². The van der Waals surface area contributed by atoms with Gasteiger partial charge in [0, 0.05) is 38.8 Å². The minimum Gasteiger partial charge on any atom is -0.381 e. The Hall–Kier alpha value is -1.85. The van der Waals surface area contributed by atoms with Gasteiger partial charge in [0.15, 0.2) is 5.96 Å². The van der Waals surface area contributed by atoms with Crippen molar-refractivity contribution in [2.24, 2.45) is 4.99 Å². The topological polar surface area (TPSA) is 45.7 Å². The molecular formula is C22H31N3OS. The van der Waals surface area contributed by atoms with Gasteiger partial charge in [-0.1, -0.05) is 31.2 Å².